The van der Waals surface area contributed by atoms with Gasteiger partial charge in [0.2, 0.25) is 5.91 Å². The quantitative estimate of drug-likeness (QED) is 0.575. The summed E-state index contributed by atoms with van der Waals surface area (Å²) in [5.74, 6) is 0.0510. The fourth-order valence-corrected chi connectivity index (χ4v) is 1.96. The molecule has 3 N–H and O–H groups in total. The zero-order valence-corrected chi connectivity index (χ0v) is 10.2. The van der Waals surface area contributed by atoms with E-state index in [1.165, 1.54) is 0 Å². The van der Waals surface area contributed by atoms with Gasteiger partial charge < -0.3 is 15.7 Å². The topological polar surface area (TPSA) is 64.6 Å². The number of rotatable bonds is 5. The minimum Gasteiger partial charge on any atom is -0.393 e. The first kappa shape index (κ1) is 13.4. The molecule has 0 aromatic carbocycles. The Balaban J connectivity index is 2.18. The summed E-state index contributed by atoms with van der Waals surface area (Å²) in [5, 5.41) is 15.3. The van der Waals surface area contributed by atoms with E-state index in [4.69, 9.17) is 0 Å². The molecule has 0 aromatic rings. The summed E-state index contributed by atoms with van der Waals surface area (Å²) in [6.07, 6.45) is 0.238. The number of carbonyl (C=O) groups excluding carboxylic acids is 1. The summed E-state index contributed by atoms with van der Waals surface area (Å²) < 4.78 is 0. The van der Waals surface area contributed by atoms with Gasteiger partial charge in [0.05, 0.1) is 12.6 Å². The molecule has 1 aliphatic rings. The van der Waals surface area contributed by atoms with Crippen molar-refractivity contribution >= 4 is 5.91 Å². The van der Waals surface area contributed by atoms with Crippen LogP contribution in [0.25, 0.3) is 0 Å². The molecule has 0 radical (unpaired) electrons. The van der Waals surface area contributed by atoms with Crippen LogP contribution >= 0.6 is 0 Å². The largest absolute Gasteiger partial charge is 0.393 e. The second kappa shape index (κ2) is 6.83. The van der Waals surface area contributed by atoms with Gasteiger partial charge in [-0.15, -0.1) is 0 Å². The molecular formula is C11H23N3O2. The first-order chi connectivity index (χ1) is 7.58. The first-order valence-electron chi connectivity index (χ1n) is 5.98. The molecule has 0 aromatic heterocycles. The third kappa shape index (κ3) is 5.44. The number of nitrogens with zero attached hydrogens (tertiary/aromatic N) is 1. The molecule has 94 valence electrons. The second-order valence-corrected chi connectivity index (χ2v) is 4.58. The second-order valence-electron chi connectivity index (χ2n) is 4.58. The van der Waals surface area contributed by atoms with E-state index in [1.807, 2.05) is 6.92 Å². The van der Waals surface area contributed by atoms with Gasteiger partial charge in [0.25, 0.3) is 0 Å². The van der Waals surface area contributed by atoms with Crippen molar-refractivity contribution in [3.8, 4) is 0 Å². The van der Waals surface area contributed by atoms with E-state index < -0.39 is 0 Å². The number of hydrogen-bond donors (Lipinski definition) is 3. The van der Waals surface area contributed by atoms with Gasteiger partial charge in [-0.1, -0.05) is 0 Å². The number of aliphatic hydroxyl groups is 1. The number of carbonyl (C=O) groups is 1. The summed E-state index contributed by atoms with van der Waals surface area (Å²) in [7, 11) is 0. The van der Waals surface area contributed by atoms with E-state index in [-0.39, 0.29) is 18.1 Å². The van der Waals surface area contributed by atoms with Crippen molar-refractivity contribution < 1.29 is 9.90 Å². The average Bonchev–Trinajstić information content (AvgIpc) is 2.17. The fraction of sp³-hybridized carbons (Fsp3) is 0.909. The van der Waals surface area contributed by atoms with Gasteiger partial charge in [0.15, 0.2) is 0 Å². The highest BCUT2D eigenvalue weighted by Gasteiger charge is 2.15. The van der Waals surface area contributed by atoms with Crippen molar-refractivity contribution in [3.63, 3.8) is 0 Å². The molecule has 0 bridgehead atoms. The van der Waals surface area contributed by atoms with E-state index in [1.54, 1.807) is 6.92 Å². The number of hydrogen-bond acceptors (Lipinski definition) is 4. The lowest BCUT2D eigenvalue weighted by molar-refractivity contribution is -0.123. The molecule has 2 atom stereocenters. The van der Waals surface area contributed by atoms with Gasteiger partial charge in [-0.25, -0.2) is 0 Å². The first-order valence-corrected chi connectivity index (χ1v) is 5.98. The maximum atomic E-state index is 11.6. The van der Waals surface area contributed by atoms with Gasteiger partial charge in [0.1, 0.15) is 0 Å². The molecule has 2 unspecified atom stereocenters. The van der Waals surface area contributed by atoms with E-state index in [0.29, 0.717) is 13.0 Å². The Bertz CT molecular complexity index is 215. The van der Waals surface area contributed by atoms with Crippen LogP contribution in [0.15, 0.2) is 0 Å². The highest BCUT2D eigenvalue weighted by atomic mass is 16.3. The van der Waals surface area contributed by atoms with Crippen LogP contribution in [0, 0.1) is 0 Å². The number of aliphatic hydroxyl groups excluding tert-OH is 1. The smallest absolute Gasteiger partial charge is 0.234 e. The Labute approximate surface area is 97.2 Å². The zero-order valence-electron chi connectivity index (χ0n) is 10.2. The van der Waals surface area contributed by atoms with Crippen LogP contribution in [0.1, 0.15) is 20.3 Å². The minimum atomic E-state index is -0.366. The van der Waals surface area contributed by atoms with Crippen molar-refractivity contribution in [2.75, 3.05) is 32.7 Å². The molecule has 0 saturated carbocycles. The van der Waals surface area contributed by atoms with Crippen LogP contribution in [0.5, 0.6) is 0 Å². The van der Waals surface area contributed by atoms with Crippen LogP contribution in [-0.2, 0) is 4.79 Å². The lowest BCUT2D eigenvalue weighted by atomic mass is 10.1. The Hall–Kier alpha value is -0.650. The van der Waals surface area contributed by atoms with Gasteiger partial charge >= 0.3 is 0 Å². The molecule has 1 saturated heterocycles. The van der Waals surface area contributed by atoms with Crippen molar-refractivity contribution in [2.45, 2.75) is 32.4 Å². The molecule has 1 rings (SSSR count). The third-order valence-corrected chi connectivity index (χ3v) is 2.68. The summed E-state index contributed by atoms with van der Waals surface area (Å²) in [4.78, 5) is 13.8. The van der Waals surface area contributed by atoms with Crippen molar-refractivity contribution in [3.05, 3.63) is 0 Å². The standard InChI is InChI=1S/C11H23N3O2/c1-9(7-10(2)15)13-11(16)8-14-5-3-12-4-6-14/h9-10,12,15H,3-8H2,1-2H3,(H,13,16). The minimum absolute atomic E-state index is 0.0374. The van der Waals surface area contributed by atoms with Gasteiger partial charge in [-0.2, -0.15) is 0 Å². The SMILES string of the molecule is CC(O)CC(C)NC(=O)CN1CCNCC1. The van der Waals surface area contributed by atoms with Crippen molar-refractivity contribution in [1.29, 1.82) is 0 Å². The van der Waals surface area contributed by atoms with E-state index >= 15 is 0 Å². The average molecular weight is 229 g/mol. The molecule has 5 heteroatoms. The molecule has 0 spiro atoms. The summed E-state index contributed by atoms with van der Waals surface area (Å²) >= 11 is 0. The Morgan fingerprint density at radius 2 is 2.06 bits per heavy atom. The summed E-state index contributed by atoms with van der Waals surface area (Å²) in [5.41, 5.74) is 0. The molecule has 1 amide bonds. The van der Waals surface area contributed by atoms with Crippen molar-refractivity contribution in [2.24, 2.45) is 0 Å². The maximum absolute atomic E-state index is 11.6. The predicted molar refractivity (Wildman–Crippen MR) is 63.2 cm³/mol. The van der Waals surface area contributed by atoms with Gasteiger partial charge in [-0.05, 0) is 20.3 Å². The summed E-state index contributed by atoms with van der Waals surface area (Å²) in [6, 6.07) is 0.0374. The predicted octanol–water partition coefficient (Wildman–Crippen LogP) is -0.833. The van der Waals surface area contributed by atoms with Crippen molar-refractivity contribution in [1.82, 2.24) is 15.5 Å². The van der Waals surface area contributed by atoms with Crippen LogP contribution in [0.3, 0.4) is 0 Å². The summed E-state index contributed by atoms with van der Waals surface area (Å²) in [6.45, 7) is 7.89. The Morgan fingerprint density at radius 3 is 2.62 bits per heavy atom. The molecule has 1 aliphatic heterocycles. The monoisotopic (exact) mass is 229 g/mol. The van der Waals surface area contributed by atoms with Gasteiger partial charge in [0, 0.05) is 32.2 Å². The number of piperazine rings is 1. The van der Waals surface area contributed by atoms with Crippen LogP contribution in [0.4, 0.5) is 0 Å². The fourth-order valence-electron chi connectivity index (χ4n) is 1.96. The molecule has 1 fully saturated rings. The van der Waals surface area contributed by atoms with Crippen LogP contribution < -0.4 is 10.6 Å². The molecule has 16 heavy (non-hydrogen) atoms. The van der Waals surface area contributed by atoms with E-state index in [9.17, 15) is 9.90 Å². The molecular weight excluding hydrogens is 206 g/mol. The lowest BCUT2D eigenvalue weighted by Gasteiger charge is -2.27. The Kier molecular flexibility index (Phi) is 5.73. The highest BCUT2D eigenvalue weighted by molar-refractivity contribution is 5.78. The number of nitrogens with one attached hydrogen (secondary N) is 2. The van der Waals surface area contributed by atoms with Crippen LogP contribution in [-0.4, -0.2) is 60.8 Å². The van der Waals surface area contributed by atoms with Gasteiger partial charge in [-0.3, -0.25) is 9.69 Å². The maximum Gasteiger partial charge on any atom is 0.234 e. The van der Waals surface area contributed by atoms with Crippen LogP contribution in [0.2, 0.25) is 0 Å². The Morgan fingerprint density at radius 1 is 1.44 bits per heavy atom. The normalized spacial score (nSPS) is 21.4. The van der Waals surface area contributed by atoms with E-state index in [2.05, 4.69) is 15.5 Å². The molecule has 1 heterocycles. The number of amides is 1. The lowest BCUT2D eigenvalue weighted by Crippen LogP contribution is -2.48. The van der Waals surface area contributed by atoms with E-state index in [0.717, 1.165) is 26.2 Å². The molecule has 0 aliphatic carbocycles. The highest BCUT2D eigenvalue weighted by Crippen LogP contribution is 1.97. The molecule has 5 nitrogen and oxygen atoms in total. The zero-order chi connectivity index (χ0) is 12.0. The third-order valence-electron chi connectivity index (χ3n) is 2.68.